The summed E-state index contributed by atoms with van der Waals surface area (Å²) in [6, 6.07) is 13.6. The summed E-state index contributed by atoms with van der Waals surface area (Å²) in [7, 11) is 0. The fraction of sp³-hybridized carbons (Fsp3) is 0.200. The van der Waals surface area contributed by atoms with Gasteiger partial charge in [0.2, 0.25) is 0 Å². The van der Waals surface area contributed by atoms with Crippen molar-refractivity contribution < 1.29 is 9.59 Å². The van der Waals surface area contributed by atoms with Crippen LogP contribution in [0.1, 0.15) is 32.7 Å². The maximum atomic E-state index is 13.1. The molecule has 2 aromatic carbocycles. The van der Waals surface area contributed by atoms with Crippen molar-refractivity contribution >= 4 is 40.6 Å². The van der Waals surface area contributed by atoms with Gasteiger partial charge in [-0.25, -0.2) is 0 Å². The van der Waals surface area contributed by atoms with Crippen LogP contribution in [0.3, 0.4) is 0 Å². The van der Waals surface area contributed by atoms with Gasteiger partial charge < -0.3 is 10.6 Å². The molecule has 2 amide bonds. The van der Waals surface area contributed by atoms with Crippen LogP contribution in [-0.2, 0) is 9.59 Å². The van der Waals surface area contributed by atoms with Crippen LogP contribution in [0.2, 0.25) is 0 Å². The number of nitrogens with one attached hydrogen (secondary N) is 2. The Morgan fingerprint density at radius 1 is 0.733 bits per heavy atom. The van der Waals surface area contributed by atoms with Crippen LogP contribution < -0.4 is 10.6 Å². The standard InChI is InChI=1S/C25H26N2O2S/c1-15-6-8-21(18(4)12-15)26-24(28)20(14-23-17(3)10-11-30-23)25(29)27-22-9-7-16(2)13-19(22)5/h6-14H,1-5H3,(H,26,28)(H,27,29). The molecule has 0 saturated carbocycles. The summed E-state index contributed by atoms with van der Waals surface area (Å²) in [5, 5.41) is 7.74. The molecule has 0 bridgehead atoms. The highest BCUT2D eigenvalue weighted by Crippen LogP contribution is 2.23. The summed E-state index contributed by atoms with van der Waals surface area (Å²) < 4.78 is 0. The Morgan fingerprint density at radius 2 is 1.23 bits per heavy atom. The second-order valence-corrected chi connectivity index (χ2v) is 8.52. The summed E-state index contributed by atoms with van der Waals surface area (Å²) >= 11 is 1.50. The number of aryl methyl sites for hydroxylation is 5. The summed E-state index contributed by atoms with van der Waals surface area (Å²) in [6.45, 7) is 9.84. The lowest BCUT2D eigenvalue weighted by atomic mass is 10.1. The average molecular weight is 419 g/mol. The van der Waals surface area contributed by atoms with Crippen molar-refractivity contribution in [3.8, 4) is 0 Å². The highest BCUT2D eigenvalue weighted by molar-refractivity contribution is 7.11. The number of benzene rings is 2. The molecule has 0 spiro atoms. The summed E-state index contributed by atoms with van der Waals surface area (Å²) in [5.41, 5.74) is 6.61. The molecule has 0 unspecified atom stereocenters. The lowest BCUT2D eigenvalue weighted by Gasteiger charge is -2.13. The van der Waals surface area contributed by atoms with Crippen LogP contribution in [0, 0.1) is 34.6 Å². The van der Waals surface area contributed by atoms with Gasteiger partial charge in [0.25, 0.3) is 11.8 Å². The Hall–Kier alpha value is -3.18. The van der Waals surface area contributed by atoms with E-state index in [9.17, 15) is 9.59 Å². The van der Waals surface area contributed by atoms with Crippen LogP contribution in [0.5, 0.6) is 0 Å². The zero-order valence-electron chi connectivity index (χ0n) is 17.9. The Kier molecular flexibility index (Phi) is 6.53. The Balaban J connectivity index is 1.93. The SMILES string of the molecule is Cc1ccc(NC(=O)C(=Cc2sccc2C)C(=O)Nc2ccc(C)cc2C)c(C)c1. The first-order valence-corrected chi connectivity index (χ1v) is 10.7. The van der Waals surface area contributed by atoms with Gasteiger partial charge >= 0.3 is 0 Å². The van der Waals surface area contributed by atoms with E-state index >= 15 is 0 Å². The normalized spacial score (nSPS) is 10.4. The number of hydrogen-bond acceptors (Lipinski definition) is 3. The van der Waals surface area contributed by atoms with Gasteiger partial charge in [0, 0.05) is 16.3 Å². The number of carbonyl (C=O) groups excluding carboxylic acids is 2. The molecule has 30 heavy (non-hydrogen) atoms. The molecule has 0 aliphatic carbocycles. The van der Waals surface area contributed by atoms with E-state index in [4.69, 9.17) is 0 Å². The topological polar surface area (TPSA) is 58.2 Å². The zero-order chi connectivity index (χ0) is 21.8. The van der Waals surface area contributed by atoms with Gasteiger partial charge in [-0.15, -0.1) is 11.3 Å². The lowest BCUT2D eigenvalue weighted by molar-refractivity contribution is -0.118. The second kappa shape index (κ2) is 9.09. The summed E-state index contributed by atoms with van der Waals surface area (Å²) in [4.78, 5) is 27.1. The minimum Gasteiger partial charge on any atom is -0.322 e. The molecule has 0 saturated heterocycles. The van der Waals surface area contributed by atoms with Crippen LogP contribution >= 0.6 is 11.3 Å². The summed E-state index contributed by atoms with van der Waals surface area (Å²) in [5.74, 6) is -0.867. The summed E-state index contributed by atoms with van der Waals surface area (Å²) in [6.07, 6.45) is 1.66. The van der Waals surface area contributed by atoms with E-state index in [1.807, 2.05) is 82.5 Å². The molecule has 0 aliphatic heterocycles. The first-order chi connectivity index (χ1) is 14.2. The maximum Gasteiger partial charge on any atom is 0.261 e. The average Bonchev–Trinajstić information content (AvgIpc) is 3.08. The molecule has 0 radical (unpaired) electrons. The quantitative estimate of drug-likeness (QED) is 0.305. The van der Waals surface area contributed by atoms with Gasteiger partial charge in [-0.2, -0.15) is 0 Å². The van der Waals surface area contributed by atoms with Crippen molar-refractivity contribution in [3.05, 3.63) is 86.1 Å². The van der Waals surface area contributed by atoms with E-state index in [2.05, 4.69) is 10.6 Å². The molecule has 0 atom stereocenters. The Bertz CT molecular complexity index is 1070. The van der Waals surface area contributed by atoms with E-state index in [1.54, 1.807) is 6.08 Å². The smallest absolute Gasteiger partial charge is 0.261 e. The maximum absolute atomic E-state index is 13.1. The van der Waals surface area contributed by atoms with Gasteiger partial charge in [0.1, 0.15) is 5.57 Å². The minimum absolute atomic E-state index is 0.0699. The van der Waals surface area contributed by atoms with Gasteiger partial charge in [0.15, 0.2) is 0 Å². The van der Waals surface area contributed by atoms with E-state index in [-0.39, 0.29) is 5.57 Å². The van der Waals surface area contributed by atoms with Crippen molar-refractivity contribution in [3.63, 3.8) is 0 Å². The number of hydrogen-bond donors (Lipinski definition) is 2. The largest absolute Gasteiger partial charge is 0.322 e. The predicted molar refractivity (Wildman–Crippen MR) is 126 cm³/mol. The van der Waals surface area contributed by atoms with E-state index in [0.29, 0.717) is 11.4 Å². The first-order valence-electron chi connectivity index (χ1n) is 9.77. The molecule has 154 valence electrons. The molecular formula is C25H26N2O2S. The highest BCUT2D eigenvalue weighted by Gasteiger charge is 2.21. The first kappa shape index (κ1) is 21.5. The molecule has 5 heteroatoms. The van der Waals surface area contributed by atoms with Crippen LogP contribution in [0.4, 0.5) is 11.4 Å². The molecule has 0 aliphatic rings. The number of carbonyl (C=O) groups is 2. The predicted octanol–water partition coefficient (Wildman–Crippen LogP) is 5.95. The van der Waals surface area contributed by atoms with Gasteiger partial charge in [0.05, 0.1) is 0 Å². The van der Waals surface area contributed by atoms with Crippen molar-refractivity contribution in [1.29, 1.82) is 0 Å². The molecule has 4 nitrogen and oxygen atoms in total. The molecular weight excluding hydrogens is 392 g/mol. The van der Waals surface area contributed by atoms with Gasteiger partial charge in [-0.1, -0.05) is 35.4 Å². The number of rotatable bonds is 5. The highest BCUT2D eigenvalue weighted by atomic mass is 32.1. The molecule has 2 N–H and O–H groups in total. The van der Waals surface area contributed by atoms with Crippen molar-refractivity contribution in [2.24, 2.45) is 0 Å². The lowest BCUT2D eigenvalue weighted by Crippen LogP contribution is -2.26. The third-order valence-corrected chi connectivity index (χ3v) is 5.89. The van der Waals surface area contributed by atoms with Crippen molar-refractivity contribution in [2.45, 2.75) is 34.6 Å². The Labute approximate surface area is 181 Å². The van der Waals surface area contributed by atoms with Crippen LogP contribution in [0.25, 0.3) is 6.08 Å². The van der Waals surface area contributed by atoms with Gasteiger partial charge in [-0.3, -0.25) is 9.59 Å². The molecule has 3 aromatic rings. The molecule has 0 fully saturated rings. The van der Waals surface area contributed by atoms with Crippen molar-refractivity contribution in [2.75, 3.05) is 10.6 Å². The number of anilines is 2. The van der Waals surface area contributed by atoms with Crippen LogP contribution in [-0.4, -0.2) is 11.8 Å². The fourth-order valence-corrected chi connectivity index (χ4v) is 4.04. The molecule has 3 rings (SSSR count). The van der Waals surface area contributed by atoms with Crippen LogP contribution in [0.15, 0.2) is 53.4 Å². The van der Waals surface area contributed by atoms with Crippen molar-refractivity contribution in [1.82, 2.24) is 0 Å². The monoisotopic (exact) mass is 418 g/mol. The van der Waals surface area contributed by atoms with E-state index in [1.165, 1.54) is 11.3 Å². The zero-order valence-corrected chi connectivity index (χ0v) is 18.7. The third-order valence-electron chi connectivity index (χ3n) is 4.93. The van der Waals surface area contributed by atoms with E-state index < -0.39 is 11.8 Å². The number of thiophene rings is 1. The molecule has 1 aromatic heterocycles. The Morgan fingerprint density at radius 3 is 1.63 bits per heavy atom. The number of amides is 2. The fourth-order valence-electron chi connectivity index (χ4n) is 3.18. The van der Waals surface area contributed by atoms with Gasteiger partial charge in [-0.05, 0) is 81.0 Å². The third kappa shape index (κ3) is 5.05. The second-order valence-electron chi connectivity index (χ2n) is 7.57. The van der Waals surface area contributed by atoms with E-state index in [0.717, 1.165) is 32.7 Å². The molecule has 1 heterocycles. The minimum atomic E-state index is -0.433.